The van der Waals surface area contributed by atoms with Crippen LogP contribution in [0.3, 0.4) is 0 Å². The number of nitrogens with two attached hydrogens (primary N) is 1. The third kappa shape index (κ3) is 1.19. The largest absolute Gasteiger partial charge is 0.365 e. The highest BCUT2D eigenvalue weighted by Gasteiger charge is 2.08. The number of aromatic amines is 1. The molecule has 0 bridgehead atoms. The molecule has 1 aromatic heterocycles. The first-order chi connectivity index (χ1) is 4.75. The molecule has 3 heteroatoms. The molecule has 0 radical (unpaired) electrons. The number of H-pyrrole nitrogens is 1. The normalized spacial score (nSPS) is 13.5. The van der Waals surface area contributed by atoms with E-state index in [0.717, 1.165) is 6.42 Å². The molecule has 0 spiro atoms. The molecule has 0 aromatic carbocycles. The molecule has 3 N–H and O–H groups in total. The van der Waals surface area contributed by atoms with E-state index in [-0.39, 0.29) is 11.9 Å². The van der Waals surface area contributed by atoms with Gasteiger partial charge in [0.05, 0.1) is 0 Å². The van der Waals surface area contributed by atoms with Crippen molar-refractivity contribution in [2.24, 2.45) is 5.73 Å². The minimum Gasteiger partial charge on any atom is -0.365 e. The Hall–Kier alpha value is -0.830. The van der Waals surface area contributed by atoms with Gasteiger partial charge < -0.3 is 10.7 Å². The second-order valence-electron chi connectivity index (χ2n) is 2.27. The van der Waals surface area contributed by atoms with Crippen LogP contribution < -0.4 is 5.73 Å². The van der Waals surface area contributed by atoms with E-state index in [1.165, 1.54) is 6.20 Å². The summed E-state index contributed by atoms with van der Waals surface area (Å²) < 4.78 is 12.7. The summed E-state index contributed by atoms with van der Waals surface area (Å²) in [5, 5.41) is 0. The maximum Gasteiger partial charge on any atom is 0.145 e. The molecule has 0 fully saturated rings. The van der Waals surface area contributed by atoms with Crippen LogP contribution in [0.25, 0.3) is 0 Å². The number of hydrogen-bond acceptors (Lipinski definition) is 1. The van der Waals surface area contributed by atoms with E-state index in [9.17, 15) is 4.39 Å². The van der Waals surface area contributed by atoms with Gasteiger partial charge in [-0.1, -0.05) is 6.92 Å². The second-order valence-corrected chi connectivity index (χ2v) is 2.27. The highest BCUT2D eigenvalue weighted by molar-refractivity contribution is 5.15. The van der Waals surface area contributed by atoms with Crippen molar-refractivity contribution >= 4 is 0 Å². The van der Waals surface area contributed by atoms with Crippen molar-refractivity contribution in [1.29, 1.82) is 0 Å². The maximum atomic E-state index is 12.7. The summed E-state index contributed by atoms with van der Waals surface area (Å²) in [6.07, 6.45) is 3.67. The van der Waals surface area contributed by atoms with Gasteiger partial charge in [-0.25, -0.2) is 4.39 Å². The quantitative estimate of drug-likeness (QED) is 0.646. The molecule has 0 amide bonds. The van der Waals surface area contributed by atoms with Gasteiger partial charge in [-0.2, -0.15) is 0 Å². The lowest BCUT2D eigenvalue weighted by Gasteiger charge is -2.04. The lowest BCUT2D eigenvalue weighted by Crippen LogP contribution is -2.08. The summed E-state index contributed by atoms with van der Waals surface area (Å²) in [7, 11) is 0. The van der Waals surface area contributed by atoms with Gasteiger partial charge in [-0.05, 0) is 6.42 Å². The molecule has 1 aromatic rings. The van der Waals surface area contributed by atoms with E-state index < -0.39 is 0 Å². The van der Waals surface area contributed by atoms with Crippen LogP contribution in [-0.2, 0) is 0 Å². The molecule has 1 atom stereocenters. The molecule has 0 aliphatic carbocycles. The van der Waals surface area contributed by atoms with Crippen LogP contribution in [-0.4, -0.2) is 4.98 Å². The number of aromatic nitrogens is 1. The first kappa shape index (κ1) is 7.28. The van der Waals surface area contributed by atoms with Crippen molar-refractivity contribution in [3.8, 4) is 0 Å². The highest BCUT2D eigenvalue weighted by Crippen LogP contribution is 2.15. The topological polar surface area (TPSA) is 41.8 Å². The maximum absolute atomic E-state index is 12.7. The molecule has 10 heavy (non-hydrogen) atoms. The Morgan fingerprint density at radius 3 is 2.80 bits per heavy atom. The van der Waals surface area contributed by atoms with Gasteiger partial charge in [0.2, 0.25) is 0 Å². The first-order valence-corrected chi connectivity index (χ1v) is 3.33. The van der Waals surface area contributed by atoms with E-state index in [2.05, 4.69) is 4.98 Å². The fourth-order valence-corrected chi connectivity index (χ4v) is 0.861. The van der Waals surface area contributed by atoms with Crippen LogP contribution in [0.15, 0.2) is 12.4 Å². The Labute approximate surface area is 59.2 Å². The number of rotatable bonds is 2. The van der Waals surface area contributed by atoms with Crippen LogP contribution >= 0.6 is 0 Å². The van der Waals surface area contributed by atoms with Crippen molar-refractivity contribution in [2.45, 2.75) is 19.4 Å². The molecule has 56 valence electrons. The predicted octanol–water partition coefficient (Wildman–Crippen LogP) is 1.56. The molecule has 0 aliphatic heterocycles. The zero-order valence-corrected chi connectivity index (χ0v) is 5.89. The van der Waals surface area contributed by atoms with Gasteiger partial charge >= 0.3 is 0 Å². The number of halogens is 1. The summed E-state index contributed by atoms with van der Waals surface area (Å²) in [5.41, 5.74) is 6.15. The molecule has 1 heterocycles. The Kier molecular flexibility index (Phi) is 2.06. The molecule has 0 saturated heterocycles. The fraction of sp³-hybridized carbons (Fsp3) is 0.429. The third-order valence-electron chi connectivity index (χ3n) is 1.56. The smallest absolute Gasteiger partial charge is 0.145 e. The van der Waals surface area contributed by atoms with Crippen molar-refractivity contribution < 1.29 is 4.39 Å². The number of nitrogens with one attached hydrogen (secondary N) is 1. The summed E-state index contributed by atoms with van der Waals surface area (Å²) in [4.78, 5) is 2.66. The molecule has 2 nitrogen and oxygen atoms in total. The third-order valence-corrected chi connectivity index (χ3v) is 1.56. The molecule has 0 saturated carbocycles. The van der Waals surface area contributed by atoms with Crippen LogP contribution in [0.5, 0.6) is 0 Å². The lowest BCUT2D eigenvalue weighted by atomic mass is 10.1. The van der Waals surface area contributed by atoms with E-state index in [1.807, 2.05) is 6.92 Å². The Balaban J connectivity index is 2.82. The van der Waals surface area contributed by atoms with Crippen LogP contribution in [0, 0.1) is 5.82 Å². The monoisotopic (exact) mass is 142 g/mol. The zero-order valence-electron chi connectivity index (χ0n) is 5.89. The molecular weight excluding hydrogens is 131 g/mol. The van der Waals surface area contributed by atoms with Gasteiger partial charge in [-0.15, -0.1) is 0 Å². The first-order valence-electron chi connectivity index (χ1n) is 3.33. The van der Waals surface area contributed by atoms with E-state index >= 15 is 0 Å². The summed E-state index contributed by atoms with van der Waals surface area (Å²) in [6, 6.07) is -0.175. The zero-order chi connectivity index (χ0) is 7.56. The van der Waals surface area contributed by atoms with Crippen molar-refractivity contribution in [2.75, 3.05) is 0 Å². The summed E-state index contributed by atoms with van der Waals surface area (Å²) in [6.45, 7) is 1.93. The van der Waals surface area contributed by atoms with Gasteiger partial charge in [-0.3, -0.25) is 0 Å². The van der Waals surface area contributed by atoms with Crippen LogP contribution in [0.2, 0.25) is 0 Å². The van der Waals surface area contributed by atoms with Crippen molar-refractivity contribution in [3.05, 3.63) is 23.8 Å². The minimum absolute atomic E-state index is 0.175. The van der Waals surface area contributed by atoms with E-state index in [4.69, 9.17) is 5.73 Å². The standard InChI is InChI=1S/C7H11FN2/c1-2-7(9)5-3-10-4-6(5)8/h3-4,7,10H,2,9H2,1H3/t7-/m0/s1. The van der Waals surface area contributed by atoms with Crippen LogP contribution in [0.4, 0.5) is 4.39 Å². The molecule has 0 aliphatic rings. The molecular formula is C7H11FN2. The SMILES string of the molecule is CC[C@H](N)c1c[nH]cc1F. The van der Waals surface area contributed by atoms with Gasteiger partial charge in [0.1, 0.15) is 5.82 Å². The lowest BCUT2D eigenvalue weighted by molar-refractivity contribution is 0.581. The van der Waals surface area contributed by atoms with Crippen molar-refractivity contribution in [1.82, 2.24) is 4.98 Å². The molecule has 0 unspecified atom stereocenters. The second kappa shape index (κ2) is 2.84. The molecule has 1 rings (SSSR count). The Morgan fingerprint density at radius 2 is 2.40 bits per heavy atom. The summed E-state index contributed by atoms with van der Waals surface area (Å²) >= 11 is 0. The highest BCUT2D eigenvalue weighted by atomic mass is 19.1. The van der Waals surface area contributed by atoms with Gasteiger partial charge in [0, 0.05) is 24.0 Å². The Morgan fingerprint density at radius 1 is 1.70 bits per heavy atom. The van der Waals surface area contributed by atoms with E-state index in [1.54, 1.807) is 6.20 Å². The number of hydrogen-bond donors (Lipinski definition) is 2. The van der Waals surface area contributed by atoms with E-state index in [0.29, 0.717) is 5.56 Å². The van der Waals surface area contributed by atoms with Gasteiger partial charge in [0.25, 0.3) is 0 Å². The summed E-state index contributed by atoms with van der Waals surface area (Å²) in [5.74, 6) is -0.241. The minimum atomic E-state index is -0.241. The van der Waals surface area contributed by atoms with Crippen molar-refractivity contribution in [3.63, 3.8) is 0 Å². The fourth-order valence-electron chi connectivity index (χ4n) is 0.861. The van der Waals surface area contributed by atoms with Crippen LogP contribution in [0.1, 0.15) is 24.9 Å². The predicted molar refractivity (Wildman–Crippen MR) is 38.0 cm³/mol. The average molecular weight is 142 g/mol. The Bertz CT molecular complexity index is 207. The van der Waals surface area contributed by atoms with Gasteiger partial charge in [0.15, 0.2) is 0 Å². The average Bonchev–Trinajstić information content (AvgIpc) is 2.34.